The van der Waals surface area contributed by atoms with Crippen LogP contribution in [0.4, 0.5) is 0 Å². The maximum absolute atomic E-state index is 4.82. The third-order valence-electron chi connectivity index (χ3n) is 6.36. The summed E-state index contributed by atoms with van der Waals surface area (Å²) in [6, 6.07) is 34.9. The molecule has 1 radical (unpaired) electrons. The normalized spacial score (nSPS) is 10.9. The minimum absolute atomic E-state index is 0. The van der Waals surface area contributed by atoms with Crippen molar-refractivity contribution >= 4 is 11.0 Å². The van der Waals surface area contributed by atoms with Gasteiger partial charge in [-0.05, 0) is 23.6 Å². The molecule has 6 rings (SSSR count). The minimum Gasteiger partial charge on any atom is -0.371 e. The zero-order valence-electron chi connectivity index (χ0n) is 19.4. The average Bonchev–Trinajstić information content (AvgIpc) is 3.49. The predicted octanol–water partition coefficient (Wildman–Crippen LogP) is 6.87. The molecule has 0 aliphatic carbocycles. The van der Waals surface area contributed by atoms with Gasteiger partial charge in [-0.2, -0.15) is 0 Å². The van der Waals surface area contributed by atoms with E-state index in [-0.39, 0.29) is 20.1 Å². The molecule has 4 nitrogen and oxygen atoms in total. The summed E-state index contributed by atoms with van der Waals surface area (Å²) >= 11 is 0. The van der Waals surface area contributed by atoms with Crippen LogP contribution in [0.15, 0.2) is 103 Å². The number of hydrogen-bond donors (Lipinski definition) is 0. The van der Waals surface area contributed by atoms with E-state index in [1.165, 1.54) is 0 Å². The van der Waals surface area contributed by atoms with Gasteiger partial charge in [-0.25, -0.2) is 0 Å². The van der Waals surface area contributed by atoms with Crippen LogP contribution in [0.5, 0.6) is 0 Å². The molecule has 35 heavy (non-hydrogen) atoms. The first-order valence-electron chi connectivity index (χ1n) is 11.3. The first-order valence-corrected chi connectivity index (χ1v) is 11.3. The smallest absolute Gasteiger partial charge is 0.0957 e. The average molecular weight is 632 g/mol. The van der Waals surface area contributed by atoms with E-state index in [0.717, 1.165) is 56.2 Å². The number of nitrogens with zero attached hydrogens (tertiary/aromatic N) is 4. The maximum Gasteiger partial charge on any atom is 0.0957 e. The Kier molecular flexibility index (Phi) is 6.21. The number of para-hydroxylation sites is 1. The molecule has 173 valence electrons. The van der Waals surface area contributed by atoms with Crippen molar-refractivity contribution in [1.82, 2.24) is 19.1 Å². The number of fused-ring (bicyclic) bond motifs is 1. The fourth-order valence-electron chi connectivity index (χ4n) is 4.66. The van der Waals surface area contributed by atoms with Crippen LogP contribution < -0.4 is 0 Å². The maximum atomic E-state index is 4.82. The van der Waals surface area contributed by atoms with Gasteiger partial charge in [0, 0.05) is 56.2 Å². The number of hydrogen-bond acceptors (Lipinski definition) is 2. The van der Waals surface area contributed by atoms with Gasteiger partial charge in [0.2, 0.25) is 0 Å². The van der Waals surface area contributed by atoms with Crippen molar-refractivity contribution in [3.05, 3.63) is 115 Å². The summed E-state index contributed by atoms with van der Waals surface area (Å²) in [5.41, 5.74) is 8.63. The van der Waals surface area contributed by atoms with Crippen molar-refractivity contribution in [2.24, 2.45) is 7.05 Å². The van der Waals surface area contributed by atoms with Gasteiger partial charge in [-0.15, -0.1) is 18.2 Å². The molecule has 0 aliphatic heterocycles. The number of rotatable bonds is 4. The van der Waals surface area contributed by atoms with Crippen LogP contribution in [-0.4, -0.2) is 19.1 Å². The van der Waals surface area contributed by atoms with Gasteiger partial charge in [0.25, 0.3) is 0 Å². The molecule has 0 bridgehead atoms. The van der Waals surface area contributed by atoms with Crippen LogP contribution in [0.3, 0.4) is 0 Å². The summed E-state index contributed by atoms with van der Waals surface area (Å²) in [6.45, 7) is 2.02. The van der Waals surface area contributed by atoms with Gasteiger partial charge in [0.1, 0.15) is 0 Å². The quantitative estimate of drug-likeness (QED) is 0.199. The Bertz CT molecular complexity index is 1560. The zero-order valence-corrected chi connectivity index (χ0v) is 21.8. The zero-order chi connectivity index (χ0) is 23.1. The Labute approximate surface area is 218 Å². The molecule has 0 saturated carbocycles. The second-order valence-corrected chi connectivity index (χ2v) is 8.36. The Morgan fingerprint density at radius 2 is 1.40 bits per heavy atom. The first-order chi connectivity index (χ1) is 16.7. The molecule has 5 heteroatoms. The Morgan fingerprint density at radius 1 is 0.771 bits per heavy atom. The van der Waals surface area contributed by atoms with Crippen LogP contribution in [-0.2, 0) is 27.2 Å². The van der Waals surface area contributed by atoms with Gasteiger partial charge in [0.15, 0.2) is 0 Å². The first kappa shape index (κ1) is 23.0. The summed E-state index contributed by atoms with van der Waals surface area (Å²) < 4.78 is 4.31. The van der Waals surface area contributed by atoms with Gasteiger partial charge >= 0.3 is 0 Å². The van der Waals surface area contributed by atoms with E-state index in [1.54, 1.807) is 0 Å². The Balaban J connectivity index is 0.00000253. The van der Waals surface area contributed by atoms with Crippen molar-refractivity contribution in [2.75, 3.05) is 0 Å². The number of aromatic nitrogens is 4. The molecule has 0 fully saturated rings. The Morgan fingerprint density at radius 3 is 2.03 bits per heavy atom. The number of benzene rings is 4. The van der Waals surface area contributed by atoms with E-state index in [9.17, 15) is 0 Å². The summed E-state index contributed by atoms with van der Waals surface area (Å²) in [7, 11) is 2.04. The Hall–Kier alpha value is -3.79. The van der Waals surface area contributed by atoms with Crippen molar-refractivity contribution in [3.63, 3.8) is 0 Å². The molecule has 0 saturated heterocycles. The van der Waals surface area contributed by atoms with Crippen molar-refractivity contribution in [3.8, 4) is 39.3 Å². The van der Waals surface area contributed by atoms with Gasteiger partial charge < -0.3 is 9.13 Å². The summed E-state index contributed by atoms with van der Waals surface area (Å²) in [4.78, 5) is 9.55. The van der Waals surface area contributed by atoms with E-state index in [0.29, 0.717) is 0 Å². The van der Waals surface area contributed by atoms with E-state index < -0.39 is 0 Å². The monoisotopic (exact) mass is 632 g/mol. The molecule has 0 aliphatic rings. The summed E-state index contributed by atoms with van der Waals surface area (Å²) in [5.74, 6) is 1.80. The van der Waals surface area contributed by atoms with E-state index >= 15 is 0 Å². The van der Waals surface area contributed by atoms with Crippen LogP contribution in [0.25, 0.3) is 50.4 Å². The third-order valence-corrected chi connectivity index (χ3v) is 6.36. The van der Waals surface area contributed by atoms with E-state index in [2.05, 4.69) is 81.9 Å². The van der Waals surface area contributed by atoms with Gasteiger partial charge in [-0.1, -0.05) is 84.4 Å². The molecule has 2 heterocycles. The molecule has 0 amide bonds. The summed E-state index contributed by atoms with van der Waals surface area (Å²) in [5, 5.41) is 0. The SMILES string of the molecule is Cc1nc2cc[c-]c(-c3nccn3-c3c(-c4ccccc4)cccc3-c3ccccc3)c2n1C.[Ir]. The molecule has 0 unspecified atom stereocenters. The molecule has 4 aromatic carbocycles. The van der Waals surface area contributed by atoms with Crippen molar-refractivity contribution in [2.45, 2.75) is 6.92 Å². The molecular weight excluding hydrogens is 609 g/mol. The largest absolute Gasteiger partial charge is 0.371 e. The van der Waals surface area contributed by atoms with Crippen molar-refractivity contribution < 1.29 is 20.1 Å². The molecular formula is C30H23IrN4-. The van der Waals surface area contributed by atoms with Crippen LogP contribution in [0.2, 0.25) is 0 Å². The van der Waals surface area contributed by atoms with E-state index in [1.807, 2.05) is 50.6 Å². The van der Waals surface area contributed by atoms with Crippen molar-refractivity contribution in [1.29, 1.82) is 0 Å². The fraction of sp³-hybridized carbons (Fsp3) is 0.0667. The molecule has 0 N–H and O–H groups in total. The van der Waals surface area contributed by atoms with Crippen LogP contribution >= 0.6 is 0 Å². The predicted molar refractivity (Wildman–Crippen MR) is 138 cm³/mol. The fourth-order valence-corrected chi connectivity index (χ4v) is 4.66. The minimum atomic E-state index is 0. The number of aryl methyl sites for hydroxylation is 2. The second kappa shape index (κ2) is 9.46. The number of imidazole rings is 2. The van der Waals surface area contributed by atoms with Crippen LogP contribution in [0, 0.1) is 13.0 Å². The molecule has 6 aromatic rings. The standard InChI is InChI=1S/C30H23N4.Ir/c1-21-32-27-18-10-17-26(29(27)33(21)2)30-31-19-20-34(30)28-24(22-11-5-3-6-12-22)15-9-16-25(28)23-13-7-4-8-14-23;/h3-16,18-20H,1-2H3;/q-1;. The summed E-state index contributed by atoms with van der Waals surface area (Å²) in [6.07, 6.45) is 3.90. The third kappa shape index (κ3) is 3.93. The molecule has 0 spiro atoms. The molecule has 2 aromatic heterocycles. The van der Waals surface area contributed by atoms with Gasteiger partial charge in [0.05, 0.1) is 17.3 Å². The topological polar surface area (TPSA) is 35.6 Å². The second-order valence-electron chi connectivity index (χ2n) is 8.36. The van der Waals surface area contributed by atoms with E-state index in [4.69, 9.17) is 9.97 Å². The van der Waals surface area contributed by atoms with Gasteiger partial charge in [-0.3, -0.25) is 9.97 Å². The molecule has 0 atom stereocenters. The van der Waals surface area contributed by atoms with Crippen LogP contribution in [0.1, 0.15) is 5.82 Å².